The van der Waals surface area contributed by atoms with Crippen molar-refractivity contribution >= 4 is 0 Å². The van der Waals surface area contributed by atoms with Crippen molar-refractivity contribution in [3.8, 4) is 40.6 Å². The summed E-state index contributed by atoms with van der Waals surface area (Å²) >= 11 is 0. The van der Waals surface area contributed by atoms with E-state index in [4.69, 9.17) is 23.4 Å². The van der Waals surface area contributed by atoms with Crippen LogP contribution in [0.1, 0.15) is 51.2 Å². The second kappa shape index (κ2) is 11.4. The Bertz CT molecular complexity index is 1620. The van der Waals surface area contributed by atoms with Gasteiger partial charge in [-0.25, -0.2) is 0 Å². The molecule has 3 aliphatic rings. The number of ether oxygens (including phenoxy) is 4. The molecule has 44 heavy (non-hydrogen) atoms. The number of phenols is 2. The Balaban J connectivity index is 1.58. The summed E-state index contributed by atoms with van der Waals surface area (Å²) in [6, 6.07) is 4.61. The van der Waals surface area contributed by atoms with Crippen molar-refractivity contribution < 1.29 is 33.6 Å². The fourth-order valence-electron chi connectivity index (χ4n) is 8.16. The van der Waals surface area contributed by atoms with Gasteiger partial charge in [0.05, 0.1) is 59.4 Å². The third kappa shape index (κ3) is 4.19. The van der Waals surface area contributed by atoms with Crippen molar-refractivity contribution in [2.24, 2.45) is 0 Å². The zero-order chi connectivity index (χ0) is 31.4. The van der Waals surface area contributed by atoms with Gasteiger partial charge in [0.15, 0.2) is 23.0 Å². The number of hydrogen-bond donors (Lipinski definition) is 3. The summed E-state index contributed by atoms with van der Waals surface area (Å²) in [6.07, 6.45) is 2.59. The molecule has 5 atom stereocenters. The van der Waals surface area contributed by atoms with Gasteiger partial charge in [0, 0.05) is 52.0 Å². The molecule has 1 saturated heterocycles. The SMILES string of the molecule is COc1c(C)c(OC)c2c(c1O)[C@@H]1[C@@H]3Cc4c(OC)c(C)c(OC)c(O)c4[C@H](CNCc4ccco4)N3C(C#N)[C@H](C2)N1C. The van der Waals surface area contributed by atoms with E-state index in [1.54, 1.807) is 27.6 Å². The van der Waals surface area contributed by atoms with Crippen molar-refractivity contribution in [3.05, 3.63) is 57.5 Å². The predicted octanol–water partition coefficient (Wildman–Crippen LogP) is 3.90. The zero-order valence-corrected chi connectivity index (χ0v) is 26.2. The summed E-state index contributed by atoms with van der Waals surface area (Å²) in [7, 11) is 8.35. The van der Waals surface area contributed by atoms with Crippen LogP contribution in [0.4, 0.5) is 0 Å². The van der Waals surface area contributed by atoms with Crippen LogP contribution in [-0.4, -0.2) is 80.2 Å². The minimum Gasteiger partial charge on any atom is -0.504 e. The summed E-state index contributed by atoms with van der Waals surface area (Å²) in [5.41, 5.74) is 4.60. The van der Waals surface area contributed by atoms with Gasteiger partial charge in [-0.2, -0.15) is 5.26 Å². The third-order valence-electron chi connectivity index (χ3n) is 9.88. The van der Waals surface area contributed by atoms with Crippen LogP contribution in [0.3, 0.4) is 0 Å². The average molecular weight is 605 g/mol. The fourth-order valence-corrected chi connectivity index (χ4v) is 8.16. The largest absolute Gasteiger partial charge is 0.504 e. The second-order valence-corrected chi connectivity index (χ2v) is 11.8. The van der Waals surface area contributed by atoms with Crippen LogP contribution in [0.15, 0.2) is 22.8 Å². The number of nitrogens with zero attached hydrogens (tertiary/aromatic N) is 3. The van der Waals surface area contributed by atoms with Gasteiger partial charge < -0.3 is 38.9 Å². The van der Waals surface area contributed by atoms with Crippen LogP contribution < -0.4 is 24.3 Å². The highest BCUT2D eigenvalue weighted by molar-refractivity contribution is 5.67. The van der Waals surface area contributed by atoms with Crippen molar-refractivity contribution in [2.45, 2.75) is 63.4 Å². The van der Waals surface area contributed by atoms with Gasteiger partial charge in [-0.3, -0.25) is 9.80 Å². The van der Waals surface area contributed by atoms with Crippen LogP contribution in [0, 0.1) is 25.2 Å². The molecule has 0 aliphatic carbocycles. The lowest BCUT2D eigenvalue weighted by molar-refractivity contribution is -0.0729. The van der Waals surface area contributed by atoms with Crippen LogP contribution in [-0.2, 0) is 19.4 Å². The summed E-state index contributed by atoms with van der Waals surface area (Å²) in [5, 5.41) is 37.8. The molecule has 6 rings (SSSR count). The van der Waals surface area contributed by atoms with Gasteiger partial charge in [-0.05, 0) is 45.9 Å². The van der Waals surface area contributed by atoms with Gasteiger partial charge in [0.25, 0.3) is 0 Å². The number of nitriles is 1. The van der Waals surface area contributed by atoms with Gasteiger partial charge in [0.2, 0.25) is 0 Å². The Morgan fingerprint density at radius 1 is 0.909 bits per heavy atom. The smallest absolute Gasteiger partial charge is 0.167 e. The quantitative estimate of drug-likeness (QED) is 0.346. The first-order valence-corrected chi connectivity index (χ1v) is 14.8. The average Bonchev–Trinajstić information content (AvgIpc) is 3.52. The molecule has 1 aromatic heterocycles. The molecule has 3 aliphatic heterocycles. The Hall–Kier alpha value is -4.11. The van der Waals surface area contributed by atoms with E-state index in [0.29, 0.717) is 60.1 Å². The number of phenolic OH excluding ortho intramolecular Hbond substituents is 2. The molecule has 3 N–H and O–H groups in total. The first kappa shape index (κ1) is 29.9. The van der Waals surface area contributed by atoms with Crippen LogP contribution in [0.25, 0.3) is 0 Å². The number of aromatic hydroxyl groups is 2. The lowest BCUT2D eigenvalue weighted by atomic mass is 9.71. The van der Waals surface area contributed by atoms with Crippen molar-refractivity contribution in [2.75, 3.05) is 42.0 Å². The molecular formula is C33H40N4O7. The molecule has 3 aromatic rings. The molecule has 11 heteroatoms. The summed E-state index contributed by atoms with van der Waals surface area (Å²) < 4.78 is 28.8. The predicted molar refractivity (Wildman–Crippen MR) is 162 cm³/mol. The molecular weight excluding hydrogens is 564 g/mol. The Morgan fingerprint density at radius 2 is 1.48 bits per heavy atom. The molecule has 0 amide bonds. The first-order chi connectivity index (χ1) is 21.2. The highest BCUT2D eigenvalue weighted by atomic mass is 16.5. The summed E-state index contributed by atoms with van der Waals surface area (Å²) in [4.78, 5) is 4.44. The molecule has 234 valence electrons. The summed E-state index contributed by atoms with van der Waals surface area (Å²) in [6.45, 7) is 4.63. The molecule has 0 spiro atoms. The zero-order valence-electron chi connectivity index (χ0n) is 26.2. The van der Waals surface area contributed by atoms with Crippen LogP contribution in [0.2, 0.25) is 0 Å². The number of hydrogen-bond acceptors (Lipinski definition) is 11. The topological polar surface area (TPSA) is 133 Å². The number of benzene rings is 2. The Labute approximate surface area is 257 Å². The van der Waals surface area contributed by atoms with E-state index < -0.39 is 12.1 Å². The second-order valence-electron chi connectivity index (χ2n) is 11.8. The number of piperazine rings is 1. The lowest BCUT2D eigenvalue weighted by Crippen LogP contribution is -2.68. The molecule has 1 unspecified atom stereocenters. The molecule has 0 saturated carbocycles. The highest BCUT2D eigenvalue weighted by Crippen LogP contribution is 2.58. The highest BCUT2D eigenvalue weighted by Gasteiger charge is 2.57. The number of fused-ring (bicyclic) bond motifs is 7. The lowest BCUT2D eigenvalue weighted by Gasteiger charge is -2.60. The number of nitrogens with one attached hydrogen (secondary N) is 1. The summed E-state index contributed by atoms with van der Waals surface area (Å²) in [5.74, 6) is 2.96. The minimum atomic E-state index is -0.537. The van der Waals surface area contributed by atoms with E-state index in [-0.39, 0.29) is 29.6 Å². The number of likely N-dealkylation sites (N-methyl/N-ethyl adjacent to an activating group) is 1. The molecule has 1 fully saturated rings. The van der Waals surface area contributed by atoms with Crippen LogP contribution in [0.5, 0.6) is 34.5 Å². The van der Waals surface area contributed by atoms with Crippen molar-refractivity contribution in [1.82, 2.24) is 15.1 Å². The van der Waals surface area contributed by atoms with Crippen molar-refractivity contribution in [1.29, 1.82) is 5.26 Å². The van der Waals surface area contributed by atoms with Gasteiger partial charge in [-0.1, -0.05) is 0 Å². The number of rotatable bonds is 8. The molecule has 2 aromatic carbocycles. The van der Waals surface area contributed by atoms with Gasteiger partial charge in [0.1, 0.15) is 23.3 Å². The van der Waals surface area contributed by atoms with Gasteiger partial charge in [-0.15, -0.1) is 0 Å². The van der Waals surface area contributed by atoms with Crippen LogP contribution >= 0.6 is 0 Å². The maximum atomic E-state index is 11.7. The molecule has 2 bridgehead atoms. The monoisotopic (exact) mass is 604 g/mol. The van der Waals surface area contributed by atoms with Crippen molar-refractivity contribution in [3.63, 3.8) is 0 Å². The van der Waals surface area contributed by atoms with E-state index in [0.717, 1.165) is 28.0 Å². The van der Waals surface area contributed by atoms with E-state index in [1.807, 2.05) is 33.0 Å². The fraction of sp³-hybridized carbons (Fsp3) is 0.485. The van der Waals surface area contributed by atoms with E-state index in [1.165, 1.54) is 7.11 Å². The maximum Gasteiger partial charge on any atom is 0.167 e. The third-order valence-corrected chi connectivity index (χ3v) is 9.88. The van der Waals surface area contributed by atoms with Gasteiger partial charge >= 0.3 is 0 Å². The maximum absolute atomic E-state index is 11.7. The molecule has 0 radical (unpaired) electrons. The number of furan rings is 1. The molecule has 4 heterocycles. The van der Waals surface area contributed by atoms with E-state index >= 15 is 0 Å². The Morgan fingerprint density at radius 3 is 2.02 bits per heavy atom. The number of methoxy groups -OCH3 is 4. The molecule has 11 nitrogen and oxygen atoms in total. The van der Waals surface area contributed by atoms with E-state index in [2.05, 4.69) is 21.2 Å². The van der Waals surface area contributed by atoms with E-state index in [9.17, 15) is 15.5 Å². The standard InChI is InChI=1S/C33H40N4O7/c1-16-30(40-4)19-12-22-27-26-20(31(41-5)17(2)33(43-7)29(26)39)11-21(36(27)3)23(13-34)37(22)24(25(19)28(38)32(16)42-6)15-35-14-18-9-8-10-44-18/h8-10,21-24,27,35,38-39H,11-12,14-15H2,1-7H3/t21-,22-,23?,24-,27-/m0/s1. The normalized spacial score (nSPS) is 24.1. The Kier molecular flexibility index (Phi) is 7.78. The first-order valence-electron chi connectivity index (χ1n) is 14.8. The minimum absolute atomic E-state index is 0.0482.